The van der Waals surface area contributed by atoms with Crippen LogP contribution in [0.3, 0.4) is 0 Å². The van der Waals surface area contributed by atoms with Crippen LogP contribution in [0.15, 0.2) is 36.2 Å². The number of allylic oxidation sites excluding steroid dienone is 1. The van der Waals surface area contributed by atoms with E-state index in [0.29, 0.717) is 32.0 Å². The van der Waals surface area contributed by atoms with Crippen LogP contribution in [0.4, 0.5) is 0 Å². The van der Waals surface area contributed by atoms with Crippen LogP contribution in [0.5, 0.6) is 5.75 Å². The normalized spacial score (nSPS) is 24.7. The molecule has 1 spiro atoms. The number of ether oxygens (including phenoxy) is 2. The molecule has 0 bridgehead atoms. The fraction of sp³-hybridized carbons (Fsp3) is 0.600. The Morgan fingerprint density at radius 2 is 2.32 bits per heavy atom. The van der Waals surface area contributed by atoms with Gasteiger partial charge in [-0.1, -0.05) is 11.6 Å². The van der Waals surface area contributed by atoms with Crippen molar-refractivity contribution in [1.29, 1.82) is 0 Å². The summed E-state index contributed by atoms with van der Waals surface area (Å²) in [5.74, 6) is 1.38. The highest BCUT2D eigenvalue weighted by Crippen LogP contribution is 2.40. The Labute approximate surface area is 149 Å². The average Bonchev–Trinajstić information content (AvgIpc) is 3.04. The molecule has 4 rings (SSSR count). The third-order valence-electron chi connectivity index (χ3n) is 5.72. The molecule has 5 heteroatoms. The van der Waals surface area contributed by atoms with Gasteiger partial charge in [-0.15, -0.1) is 0 Å². The summed E-state index contributed by atoms with van der Waals surface area (Å²) in [6.07, 6.45) is 12.0. The van der Waals surface area contributed by atoms with E-state index in [-0.39, 0.29) is 11.5 Å². The molecule has 0 unspecified atom stereocenters. The van der Waals surface area contributed by atoms with Gasteiger partial charge in [0.1, 0.15) is 11.4 Å². The van der Waals surface area contributed by atoms with E-state index in [4.69, 9.17) is 9.47 Å². The van der Waals surface area contributed by atoms with Crippen molar-refractivity contribution in [3.63, 3.8) is 0 Å². The van der Waals surface area contributed by atoms with Crippen molar-refractivity contribution in [3.05, 3.63) is 36.2 Å². The Kier molecular flexibility index (Phi) is 4.75. The van der Waals surface area contributed by atoms with Crippen molar-refractivity contribution in [2.45, 2.75) is 44.1 Å². The van der Waals surface area contributed by atoms with Crippen molar-refractivity contribution < 1.29 is 14.3 Å². The van der Waals surface area contributed by atoms with Crippen molar-refractivity contribution in [3.8, 4) is 5.75 Å². The van der Waals surface area contributed by atoms with Gasteiger partial charge in [-0.2, -0.15) is 0 Å². The molecule has 0 saturated carbocycles. The SMILES string of the molecule is O=C(CC1=CCCCC1)N1CC2(C1)OCC[C@@H]2COc1cccnc1. The predicted molar refractivity (Wildman–Crippen MR) is 94.3 cm³/mol. The van der Waals surface area contributed by atoms with E-state index < -0.39 is 0 Å². The topological polar surface area (TPSA) is 51.7 Å². The van der Waals surface area contributed by atoms with Crippen molar-refractivity contribution in [2.75, 3.05) is 26.3 Å². The lowest BCUT2D eigenvalue weighted by atomic mass is 9.81. The van der Waals surface area contributed by atoms with Crippen LogP contribution < -0.4 is 4.74 Å². The van der Waals surface area contributed by atoms with E-state index in [0.717, 1.165) is 31.6 Å². The fourth-order valence-electron chi connectivity index (χ4n) is 4.15. The summed E-state index contributed by atoms with van der Waals surface area (Å²) in [7, 11) is 0. The molecule has 2 aliphatic heterocycles. The lowest BCUT2D eigenvalue weighted by Crippen LogP contribution is -2.66. The minimum atomic E-state index is -0.196. The second-order valence-corrected chi connectivity index (χ2v) is 7.43. The first-order chi connectivity index (χ1) is 12.3. The molecule has 0 N–H and O–H groups in total. The molecule has 0 aromatic carbocycles. The lowest BCUT2D eigenvalue weighted by molar-refractivity contribution is -0.166. The van der Waals surface area contributed by atoms with Crippen LogP contribution in [-0.2, 0) is 9.53 Å². The molecule has 1 aromatic rings. The van der Waals surface area contributed by atoms with Gasteiger partial charge in [0.25, 0.3) is 0 Å². The maximum Gasteiger partial charge on any atom is 0.226 e. The largest absolute Gasteiger partial charge is 0.492 e. The average molecular weight is 342 g/mol. The maximum atomic E-state index is 12.5. The third kappa shape index (κ3) is 3.56. The van der Waals surface area contributed by atoms with Crippen LogP contribution in [0.2, 0.25) is 0 Å². The minimum absolute atomic E-state index is 0.196. The second-order valence-electron chi connectivity index (χ2n) is 7.43. The molecular weight excluding hydrogens is 316 g/mol. The van der Waals surface area contributed by atoms with Crippen molar-refractivity contribution >= 4 is 5.91 Å². The number of carbonyl (C=O) groups is 1. The molecule has 1 aliphatic carbocycles. The van der Waals surface area contributed by atoms with E-state index >= 15 is 0 Å². The summed E-state index contributed by atoms with van der Waals surface area (Å²) in [5, 5.41) is 0. The van der Waals surface area contributed by atoms with Gasteiger partial charge in [-0.25, -0.2) is 0 Å². The number of pyridine rings is 1. The molecule has 1 amide bonds. The van der Waals surface area contributed by atoms with Crippen LogP contribution in [0.1, 0.15) is 38.5 Å². The fourth-order valence-corrected chi connectivity index (χ4v) is 4.15. The summed E-state index contributed by atoms with van der Waals surface area (Å²) < 4.78 is 11.9. The predicted octanol–water partition coefficient (Wildman–Crippen LogP) is 2.97. The number of nitrogens with zero attached hydrogens (tertiary/aromatic N) is 2. The molecule has 5 nitrogen and oxygen atoms in total. The second kappa shape index (κ2) is 7.16. The maximum absolute atomic E-state index is 12.5. The standard InChI is InChI=1S/C20H26N2O3/c23-19(11-16-5-2-1-3-6-16)22-14-20(15-22)17(8-10-25-20)13-24-18-7-4-9-21-12-18/h4-5,7,9,12,17H,1-3,6,8,10-11,13-15H2/t17-/m1/s1. The first-order valence-corrected chi connectivity index (χ1v) is 9.38. The van der Waals surface area contributed by atoms with Crippen molar-refractivity contribution in [2.24, 2.45) is 5.92 Å². The van der Waals surface area contributed by atoms with Gasteiger partial charge >= 0.3 is 0 Å². The van der Waals surface area contributed by atoms with E-state index in [1.807, 2.05) is 17.0 Å². The number of aromatic nitrogens is 1. The molecule has 25 heavy (non-hydrogen) atoms. The molecule has 3 aliphatic rings. The molecule has 2 fully saturated rings. The number of rotatable bonds is 5. The number of hydrogen-bond acceptors (Lipinski definition) is 4. The monoisotopic (exact) mass is 342 g/mol. The zero-order valence-electron chi connectivity index (χ0n) is 14.7. The van der Waals surface area contributed by atoms with Gasteiger partial charge in [0.2, 0.25) is 5.91 Å². The number of amides is 1. The van der Waals surface area contributed by atoms with Crippen LogP contribution in [0.25, 0.3) is 0 Å². The molecule has 134 valence electrons. The van der Waals surface area contributed by atoms with Crippen LogP contribution in [0, 0.1) is 5.92 Å². The highest BCUT2D eigenvalue weighted by Gasteiger charge is 2.54. The van der Waals surface area contributed by atoms with Crippen LogP contribution >= 0.6 is 0 Å². The smallest absolute Gasteiger partial charge is 0.226 e. The first kappa shape index (κ1) is 16.6. The molecular formula is C20H26N2O3. The first-order valence-electron chi connectivity index (χ1n) is 9.38. The van der Waals surface area contributed by atoms with Gasteiger partial charge in [0, 0.05) is 25.1 Å². The van der Waals surface area contributed by atoms with E-state index in [9.17, 15) is 4.79 Å². The van der Waals surface area contributed by atoms with E-state index in [1.165, 1.54) is 18.4 Å². The quantitative estimate of drug-likeness (QED) is 0.772. The molecule has 2 saturated heterocycles. The minimum Gasteiger partial charge on any atom is -0.492 e. The van der Waals surface area contributed by atoms with Gasteiger partial charge < -0.3 is 14.4 Å². The van der Waals surface area contributed by atoms with Crippen LogP contribution in [-0.4, -0.2) is 47.7 Å². The molecule has 3 heterocycles. The summed E-state index contributed by atoms with van der Waals surface area (Å²) in [5.41, 5.74) is 1.12. The zero-order valence-corrected chi connectivity index (χ0v) is 14.7. The summed E-state index contributed by atoms with van der Waals surface area (Å²) in [6, 6.07) is 3.80. The number of likely N-dealkylation sites (tertiary alicyclic amines) is 1. The third-order valence-corrected chi connectivity index (χ3v) is 5.72. The lowest BCUT2D eigenvalue weighted by Gasteiger charge is -2.50. The summed E-state index contributed by atoms with van der Waals surface area (Å²) in [6.45, 7) is 2.80. The Morgan fingerprint density at radius 3 is 3.08 bits per heavy atom. The molecule has 1 atom stereocenters. The van der Waals surface area contributed by atoms with Gasteiger partial charge in [-0.3, -0.25) is 9.78 Å². The Morgan fingerprint density at radius 1 is 1.40 bits per heavy atom. The number of hydrogen-bond donors (Lipinski definition) is 0. The van der Waals surface area contributed by atoms with Gasteiger partial charge in [0.15, 0.2) is 0 Å². The van der Waals surface area contributed by atoms with E-state index in [1.54, 1.807) is 12.4 Å². The number of carbonyl (C=O) groups excluding carboxylic acids is 1. The summed E-state index contributed by atoms with van der Waals surface area (Å²) in [4.78, 5) is 18.5. The van der Waals surface area contributed by atoms with Gasteiger partial charge in [-0.05, 0) is 44.2 Å². The Balaban J connectivity index is 1.29. The highest BCUT2D eigenvalue weighted by molar-refractivity contribution is 5.80. The van der Waals surface area contributed by atoms with E-state index in [2.05, 4.69) is 11.1 Å². The Hall–Kier alpha value is -1.88. The molecule has 0 radical (unpaired) electrons. The van der Waals surface area contributed by atoms with Crippen molar-refractivity contribution in [1.82, 2.24) is 9.88 Å². The zero-order chi connectivity index (χ0) is 17.1. The highest BCUT2D eigenvalue weighted by atomic mass is 16.5. The van der Waals surface area contributed by atoms with Gasteiger partial charge in [0.05, 0.1) is 25.9 Å². The molecule has 1 aromatic heterocycles. The summed E-state index contributed by atoms with van der Waals surface area (Å²) >= 11 is 0. The Bertz CT molecular complexity index is 638.